The number of hydrogen-bond acceptors (Lipinski definition) is 4. The van der Waals surface area contributed by atoms with E-state index in [1.807, 2.05) is 88.4 Å². The minimum absolute atomic E-state index is 0.0766. The smallest absolute Gasteiger partial charge is 0.264 e. The van der Waals surface area contributed by atoms with Gasteiger partial charge in [-0.05, 0) is 68.7 Å². The van der Waals surface area contributed by atoms with E-state index < -0.39 is 28.5 Å². The molecule has 0 aromatic heterocycles. The Kier molecular flexibility index (Phi) is 10.4. The molecule has 0 spiro atoms. The van der Waals surface area contributed by atoms with Gasteiger partial charge in [0.2, 0.25) is 11.8 Å². The van der Waals surface area contributed by atoms with E-state index in [4.69, 9.17) is 0 Å². The lowest BCUT2D eigenvalue weighted by Gasteiger charge is -2.34. The zero-order chi connectivity index (χ0) is 31.0. The van der Waals surface area contributed by atoms with Crippen LogP contribution in [0.1, 0.15) is 36.1 Å². The number of nitrogens with zero attached hydrogens (tertiary/aromatic N) is 2. The summed E-state index contributed by atoms with van der Waals surface area (Å²) in [6.45, 7) is 7.25. The quantitative estimate of drug-likeness (QED) is 0.228. The Bertz CT molecular complexity index is 1620. The molecule has 0 fully saturated rings. The van der Waals surface area contributed by atoms with Crippen LogP contribution in [0.2, 0.25) is 0 Å². The molecule has 8 heteroatoms. The molecule has 1 N–H and O–H groups in total. The fourth-order valence-corrected chi connectivity index (χ4v) is 6.28. The van der Waals surface area contributed by atoms with Gasteiger partial charge in [-0.15, -0.1) is 0 Å². The van der Waals surface area contributed by atoms with E-state index in [2.05, 4.69) is 5.32 Å². The highest BCUT2D eigenvalue weighted by molar-refractivity contribution is 7.92. The number of amides is 2. The third-order valence-electron chi connectivity index (χ3n) is 7.08. The summed E-state index contributed by atoms with van der Waals surface area (Å²) < 4.78 is 29.2. The second kappa shape index (κ2) is 14.2. The lowest BCUT2D eigenvalue weighted by atomic mass is 10.0. The Hall–Kier alpha value is -4.43. The van der Waals surface area contributed by atoms with Crippen molar-refractivity contribution in [3.8, 4) is 0 Å². The molecule has 0 aliphatic heterocycles. The van der Waals surface area contributed by atoms with Crippen LogP contribution in [0.5, 0.6) is 0 Å². The Balaban J connectivity index is 1.80. The van der Waals surface area contributed by atoms with Gasteiger partial charge in [0.1, 0.15) is 12.6 Å². The van der Waals surface area contributed by atoms with Crippen LogP contribution in [-0.2, 0) is 32.6 Å². The second-order valence-corrected chi connectivity index (χ2v) is 12.9. The van der Waals surface area contributed by atoms with Crippen LogP contribution < -0.4 is 9.62 Å². The molecule has 4 aromatic rings. The van der Waals surface area contributed by atoms with Crippen molar-refractivity contribution in [3.63, 3.8) is 0 Å². The highest BCUT2D eigenvalue weighted by Gasteiger charge is 2.34. The maximum absolute atomic E-state index is 14.4. The molecule has 43 heavy (non-hydrogen) atoms. The van der Waals surface area contributed by atoms with Crippen LogP contribution in [0.4, 0.5) is 5.69 Å². The predicted octanol–water partition coefficient (Wildman–Crippen LogP) is 5.66. The van der Waals surface area contributed by atoms with Crippen molar-refractivity contribution in [1.29, 1.82) is 0 Å². The van der Waals surface area contributed by atoms with E-state index in [0.29, 0.717) is 5.69 Å². The number of sulfonamides is 1. The van der Waals surface area contributed by atoms with Gasteiger partial charge in [-0.25, -0.2) is 8.42 Å². The van der Waals surface area contributed by atoms with E-state index in [1.54, 1.807) is 36.4 Å². The first-order chi connectivity index (χ1) is 20.5. The first-order valence-corrected chi connectivity index (χ1v) is 15.8. The van der Waals surface area contributed by atoms with E-state index in [1.165, 1.54) is 17.0 Å². The summed E-state index contributed by atoms with van der Waals surface area (Å²) in [6.07, 6.45) is 0.271. The van der Waals surface area contributed by atoms with Crippen molar-refractivity contribution >= 4 is 27.5 Å². The summed E-state index contributed by atoms with van der Waals surface area (Å²) >= 11 is 0. The van der Waals surface area contributed by atoms with Gasteiger partial charge in [-0.1, -0.05) is 90.5 Å². The van der Waals surface area contributed by atoms with Gasteiger partial charge in [0, 0.05) is 19.0 Å². The largest absolute Gasteiger partial charge is 0.352 e. The van der Waals surface area contributed by atoms with Crippen molar-refractivity contribution in [3.05, 3.63) is 131 Å². The van der Waals surface area contributed by atoms with E-state index in [9.17, 15) is 18.0 Å². The van der Waals surface area contributed by atoms with Gasteiger partial charge < -0.3 is 10.2 Å². The lowest BCUT2D eigenvalue weighted by molar-refractivity contribution is -0.140. The van der Waals surface area contributed by atoms with E-state index in [0.717, 1.165) is 26.6 Å². The summed E-state index contributed by atoms with van der Waals surface area (Å²) in [4.78, 5) is 29.7. The number of benzene rings is 4. The van der Waals surface area contributed by atoms with Crippen molar-refractivity contribution in [2.75, 3.05) is 10.8 Å². The van der Waals surface area contributed by atoms with Crippen LogP contribution in [-0.4, -0.2) is 43.8 Å². The summed E-state index contributed by atoms with van der Waals surface area (Å²) in [7, 11) is -4.12. The molecule has 0 saturated carbocycles. The predicted molar refractivity (Wildman–Crippen MR) is 171 cm³/mol. The van der Waals surface area contributed by atoms with Crippen molar-refractivity contribution in [2.24, 2.45) is 0 Å². The Morgan fingerprint density at radius 3 is 1.98 bits per heavy atom. The molecule has 2 amide bonds. The molecule has 0 unspecified atom stereocenters. The number of aryl methyl sites for hydroxylation is 2. The first kappa shape index (κ1) is 31.5. The average molecular weight is 598 g/mol. The molecule has 4 aromatic carbocycles. The number of anilines is 1. The van der Waals surface area contributed by atoms with Crippen molar-refractivity contribution in [2.45, 2.75) is 57.6 Å². The fraction of sp³-hybridized carbons (Fsp3) is 0.257. The van der Waals surface area contributed by atoms with E-state index >= 15 is 0 Å². The number of nitrogens with one attached hydrogen (secondary N) is 1. The van der Waals surface area contributed by atoms with Crippen LogP contribution in [0, 0.1) is 13.8 Å². The Morgan fingerprint density at radius 1 is 0.744 bits per heavy atom. The molecule has 0 aliphatic carbocycles. The monoisotopic (exact) mass is 597 g/mol. The minimum atomic E-state index is -4.12. The third-order valence-corrected chi connectivity index (χ3v) is 8.86. The van der Waals surface area contributed by atoms with E-state index in [-0.39, 0.29) is 29.8 Å². The summed E-state index contributed by atoms with van der Waals surface area (Å²) in [6, 6.07) is 31.4. The zero-order valence-electron chi connectivity index (χ0n) is 25.1. The number of carbonyl (C=O) groups excluding carboxylic acids is 2. The third kappa shape index (κ3) is 8.32. The maximum atomic E-state index is 14.4. The molecule has 1 atom stereocenters. The molecule has 224 valence electrons. The molecule has 4 rings (SSSR count). The molecule has 7 nitrogen and oxygen atoms in total. The first-order valence-electron chi connectivity index (χ1n) is 14.4. The van der Waals surface area contributed by atoms with Crippen LogP contribution >= 0.6 is 0 Å². The molecule has 0 bridgehead atoms. The molecule has 0 radical (unpaired) electrons. The molecule has 0 saturated heterocycles. The second-order valence-electron chi connectivity index (χ2n) is 11.0. The topological polar surface area (TPSA) is 86.8 Å². The van der Waals surface area contributed by atoms with Gasteiger partial charge in [-0.3, -0.25) is 13.9 Å². The number of hydrogen-bond donors (Lipinski definition) is 1. The summed E-state index contributed by atoms with van der Waals surface area (Å²) in [5, 5.41) is 2.98. The van der Waals surface area contributed by atoms with Gasteiger partial charge in [0.05, 0.1) is 10.6 Å². The fourth-order valence-electron chi connectivity index (χ4n) is 4.86. The number of carbonyl (C=O) groups is 2. The molecule has 0 heterocycles. The highest BCUT2D eigenvalue weighted by atomic mass is 32.2. The molecular formula is C35H39N3O4S. The lowest BCUT2D eigenvalue weighted by Crippen LogP contribution is -2.54. The van der Waals surface area contributed by atoms with Gasteiger partial charge >= 0.3 is 0 Å². The van der Waals surface area contributed by atoms with Crippen LogP contribution in [0.25, 0.3) is 0 Å². The average Bonchev–Trinajstić information content (AvgIpc) is 2.99. The SMILES string of the molecule is Cc1ccc(CN(C(=O)CN(c2cccc(C)c2)S(=O)(=O)c2ccccc2)[C@H](Cc2ccccc2)C(=O)NC(C)C)cc1. The van der Waals surface area contributed by atoms with Crippen LogP contribution in [0.15, 0.2) is 114 Å². The summed E-state index contributed by atoms with van der Waals surface area (Å²) in [5.74, 6) is -0.784. The zero-order valence-corrected chi connectivity index (χ0v) is 25.9. The minimum Gasteiger partial charge on any atom is -0.352 e. The van der Waals surface area contributed by atoms with Gasteiger partial charge in [-0.2, -0.15) is 0 Å². The molecular weight excluding hydrogens is 558 g/mol. The maximum Gasteiger partial charge on any atom is 0.264 e. The number of rotatable bonds is 12. The van der Waals surface area contributed by atoms with Gasteiger partial charge in [0.25, 0.3) is 10.0 Å². The standard InChI is InChI=1S/C35H39N3O4S/c1-26(2)36-35(40)33(23-29-13-7-5-8-14-29)37(24-30-20-18-27(3)19-21-30)34(39)25-38(31-15-11-12-28(4)22-31)43(41,42)32-16-9-6-10-17-32/h5-22,26,33H,23-25H2,1-4H3,(H,36,40)/t33-/m1/s1. The van der Waals surface area contributed by atoms with Crippen molar-refractivity contribution < 1.29 is 18.0 Å². The Labute approximate surface area is 255 Å². The summed E-state index contributed by atoms with van der Waals surface area (Å²) in [5.41, 5.74) is 4.02. The Morgan fingerprint density at radius 2 is 1.37 bits per heavy atom. The molecule has 0 aliphatic rings. The normalized spacial score (nSPS) is 12.0. The van der Waals surface area contributed by atoms with Gasteiger partial charge in [0.15, 0.2) is 0 Å². The van der Waals surface area contributed by atoms with Crippen LogP contribution in [0.3, 0.4) is 0 Å². The van der Waals surface area contributed by atoms with Crippen molar-refractivity contribution in [1.82, 2.24) is 10.2 Å². The highest BCUT2D eigenvalue weighted by Crippen LogP contribution is 2.26.